The Bertz CT molecular complexity index is 647. The molecule has 0 atom stereocenters. The maximum absolute atomic E-state index is 12.6. The van der Waals surface area contributed by atoms with Crippen LogP contribution >= 0.6 is 0 Å². The third-order valence-electron chi connectivity index (χ3n) is 3.46. The van der Waals surface area contributed by atoms with Gasteiger partial charge in [-0.05, 0) is 18.4 Å². The second-order valence-corrected chi connectivity index (χ2v) is 5.68. The molecule has 1 amide bonds. The zero-order valence-corrected chi connectivity index (χ0v) is 13.0. The van der Waals surface area contributed by atoms with Crippen molar-refractivity contribution < 1.29 is 9.59 Å². The smallest absolute Gasteiger partial charge is 0.252 e. The third kappa shape index (κ3) is 4.04. The minimum absolute atomic E-state index is 0.129. The zero-order chi connectivity index (χ0) is 15.9. The number of benzene rings is 2. The van der Waals surface area contributed by atoms with Crippen LogP contribution in [0.25, 0.3) is 0 Å². The van der Waals surface area contributed by atoms with Crippen LogP contribution in [0.4, 0.5) is 0 Å². The van der Waals surface area contributed by atoms with Gasteiger partial charge in [-0.2, -0.15) is 0 Å². The molecule has 0 aliphatic carbocycles. The molecule has 0 aromatic heterocycles. The van der Waals surface area contributed by atoms with Crippen LogP contribution in [0.1, 0.15) is 46.5 Å². The number of rotatable bonds is 6. The van der Waals surface area contributed by atoms with Crippen LogP contribution in [0.2, 0.25) is 0 Å². The van der Waals surface area contributed by atoms with Crippen molar-refractivity contribution in [3.8, 4) is 0 Å². The predicted octanol–water partition coefficient (Wildman–Crippen LogP) is 3.69. The fourth-order valence-electron chi connectivity index (χ4n) is 2.19. The summed E-state index contributed by atoms with van der Waals surface area (Å²) in [5.41, 5.74) is 1.46. The summed E-state index contributed by atoms with van der Waals surface area (Å²) in [7, 11) is 0. The predicted molar refractivity (Wildman–Crippen MR) is 88.1 cm³/mol. The number of hydrogen-bond acceptors (Lipinski definition) is 2. The maximum Gasteiger partial charge on any atom is 0.252 e. The minimum Gasteiger partial charge on any atom is -0.352 e. The molecule has 0 saturated heterocycles. The molecule has 2 rings (SSSR count). The Balaban J connectivity index is 2.20. The molecule has 0 aliphatic rings. The molecule has 3 nitrogen and oxygen atoms in total. The number of ketones is 1. The first kappa shape index (κ1) is 16.0. The van der Waals surface area contributed by atoms with Crippen LogP contribution in [-0.2, 0) is 0 Å². The SMILES string of the molecule is CC(C)CCNC(=O)c1ccccc1C(=O)c1ccccc1. The van der Waals surface area contributed by atoms with E-state index < -0.39 is 0 Å². The average molecular weight is 295 g/mol. The quantitative estimate of drug-likeness (QED) is 0.826. The molecule has 2 aromatic carbocycles. The summed E-state index contributed by atoms with van der Waals surface area (Å²) >= 11 is 0. The van der Waals surface area contributed by atoms with E-state index in [1.807, 2.05) is 18.2 Å². The Hall–Kier alpha value is -2.42. The molecule has 0 spiro atoms. The average Bonchev–Trinajstić information content (AvgIpc) is 2.54. The van der Waals surface area contributed by atoms with Gasteiger partial charge in [0.05, 0.1) is 5.56 Å². The van der Waals surface area contributed by atoms with E-state index in [4.69, 9.17) is 0 Å². The highest BCUT2D eigenvalue weighted by atomic mass is 16.2. The van der Waals surface area contributed by atoms with Gasteiger partial charge in [0.25, 0.3) is 5.91 Å². The first-order valence-electron chi connectivity index (χ1n) is 7.56. The highest BCUT2D eigenvalue weighted by Crippen LogP contribution is 2.15. The lowest BCUT2D eigenvalue weighted by atomic mass is 9.98. The van der Waals surface area contributed by atoms with Crippen LogP contribution < -0.4 is 5.32 Å². The van der Waals surface area contributed by atoms with Gasteiger partial charge >= 0.3 is 0 Å². The minimum atomic E-state index is -0.194. The molecular formula is C19H21NO2. The van der Waals surface area contributed by atoms with Gasteiger partial charge in [0.1, 0.15) is 0 Å². The van der Waals surface area contributed by atoms with E-state index in [1.165, 1.54) is 0 Å². The van der Waals surface area contributed by atoms with Gasteiger partial charge in [0.2, 0.25) is 0 Å². The van der Waals surface area contributed by atoms with Crippen molar-refractivity contribution in [2.75, 3.05) is 6.54 Å². The van der Waals surface area contributed by atoms with Crippen molar-refractivity contribution in [2.45, 2.75) is 20.3 Å². The monoisotopic (exact) mass is 295 g/mol. The molecule has 0 fully saturated rings. The third-order valence-corrected chi connectivity index (χ3v) is 3.46. The summed E-state index contributed by atoms with van der Waals surface area (Å²) in [4.78, 5) is 24.9. The molecule has 0 heterocycles. The van der Waals surface area contributed by atoms with Crippen molar-refractivity contribution in [1.82, 2.24) is 5.32 Å². The Kier molecular flexibility index (Phi) is 5.48. The van der Waals surface area contributed by atoms with Crippen molar-refractivity contribution in [2.24, 2.45) is 5.92 Å². The van der Waals surface area contributed by atoms with Crippen LogP contribution in [-0.4, -0.2) is 18.2 Å². The Morgan fingerprint density at radius 1 is 0.909 bits per heavy atom. The lowest BCUT2D eigenvalue weighted by Gasteiger charge is -2.10. The fourth-order valence-corrected chi connectivity index (χ4v) is 2.19. The topological polar surface area (TPSA) is 46.2 Å². The van der Waals surface area contributed by atoms with Crippen LogP contribution in [0.3, 0.4) is 0 Å². The second kappa shape index (κ2) is 7.55. The van der Waals surface area contributed by atoms with E-state index >= 15 is 0 Å². The number of hydrogen-bond donors (Lipinski definition) is 1. The molecule has 0 aliphatic heterocycles. The molecule has 3 heteroatoms. The van der Waals surface area contributed by atoms with Gasteiger partial charge in [-0.25, -0.2) is 0 Å². The number of carbonyl (C=O) groups excluding carboxylic acids is 2. The Morgan fingerprint density at radius 2 is 1.50 bits per heavy atom. The first-order chi connectivity index (χ1) is 10.6. The summed E-state index contributed by atoms with van der Waals surface area (Å²) in [5.74, 6) is 0.206. The molecule has 0 radical (unpaired) electrons. The van der Waals surface area contributed by atoms with Crippen molar-refractivity contribution >= 4 is 11.7 Å². The standard InChI is InChI=1S/C19H21NO2/c1-14(2)12-13-20-19(22)17-11-7-6-10-16(17)18(21)15-8-4-3-5-9-15/h3-11,14H,12-13H2,1-2H3,(H,20,22). The van der Waals surface area contributed by atoms with Gasteiger partial charge in [0, 0.05) is 17.7 Å². The second-order valence-electron chi connectivity index (χ2n) is 5.68. The van der Waals surface area contributed by atoms with Gasteiger partial charge in [-0.1, -0.05) is 62.4 Å². The highest BCUT2D eigenvalue weighted by molar-refractivity contribution is 6.15. The fraction of sp³-hybridized carbons (Fsp3) is 0.263. The first-order valence-corrected chi connectivity index (χ1v) is 7.56. The summed E-state index contributed by atoms with van der Waals surface area (Å²) < 4.78 is 0. The zero-order valence-electron chi connectivity index (χ0n) is 13.0. The van der Waals surface area contributed by atoms with Gasteiger partial charge < -0.3 is 5.32 Å². The largest absolute Gasteiger partial charge is 0.352 e. The molecule has 22 heavy (non-hydrogen) atoms. The lowest BCUT2D eigenvalue weighted by molar-refractivity contribution is 0.0940. The van der Waals surface area contributed by atoms with E-state index in [0.717, 1.165) is 6.42 Å². The van der Waals surface area contributed by atoms with Crippen LogP contribution in [0, 0.1) is 5.92 Å². The Morgan fingerprint density at radius 3 is 2.14 bits per heavy atom. The highest BCUT2D eigenvalue weighted by Gasteiger charge is 2.17. The summed E-state index contributed by atoms with van der Waals surface area (Å²) in [6.45, 7) is 4.84. The molecular weight excluding hydrogens is 274 g/mol. The molecule has 1 N–H and O–H groups in total. The number of amides is 1. The number of nitrogens with one attached hydrogen (secondary N) is 1. The van der Waals surface area contributed by atoms with Gasteiger partial charge in [-0.15, -0.1) is 0 Å². The molecule has 0 unspecified atom stereocenters. The van der Waals surface area contributed by atoms with Crippen molar-refractivity contribution in [1.29, 1.82) is 0 Å². The van der Waals surface area contributed by atoms with Gasteiger partial charge in [0.15, 0.2) is 5.78 Å². The van der Waals surface area contributed by atoms with Crippen LogP contribution in [0.15, 0.2) is 54.6 Å². The van der Waals surface area contributed by atoms with Crippen molar-refractivity contribution in [3.63, 3.8) is 0 Å². The maximum atomic E-state index is 12.6. The van der Waals surface area contributed by atoms with Crippen molar-refractivity contribution in [3.05, 3.63) is 71.3 Å². The van der Waals surface area contributed by atoms with Crippen LogP contribution in [0.5, 0.6) is 0 Å². The van der Waals surface area contributed by atoms with E-state index in [0.29, 0.717) is 29.2 Å². The summed E-state index contributed by atoms with van der Waals surface area (Å²) in [6, 6.07) is 16.0. The Labute approximate surface area is 131 Å². The van der Waals surface area contributed by atoms with Gasteiger partial charge in [-0.3, -0.25) is 9.59 Å². The number of carbonyl (C=O) groups is 2. The molecule has 0 saturated carbocycles. The van der Waals surface area contributed by atoms with E-state index in [1.54, 1.807) is 36.4 Å². The van der Waals surface area contributed by atoms with E-state index in [2.05, 4.69) is 19.2 Å². The van der Waals surface area contributed by atoms with E-state index in [9.17, 15) is 9.59 Å². The molecule has 114 valence electrons. The summed E-state index contributed by atoms with van der Waals surface area (Å²) in [5, 5.41) is 2.89. The van der Waals surface area contributed by atoms with E-state index in [-0.39, 0.29) is 11.7 Å². The normalized spacial score (nSPS) is 10.5. The lowest BCUT2D eigenvalue weighted by Crippen LogP contribution is -2.27. The summed E-state index contributed by atoms with van der Waals surface area (Å²) in [6.07, 6.45) is 0.917. The molecule has 2 aromatic rings. The molecule has 0 bridgehead atoms.